The van der Waals surface area contributed by atoms with E-state index in [1.54, 1.807) is 0 Å². The maximum atomic E-state index is 11.6. The van der Waals surface area contributed by atoms with E-state index < -0.39 is 17.6 Å². The SMILES string of the molecule is CC(=N)C(F)=C(F)F. The molecule has 0 saturated heterocycles. The lowest BCUT2D eigenvalue weighted by Gasteiger charge is -1.85. The van der Waals surface area contributed by atoms with E-state index in [0.29, 0.717) is 0 Å². The molecule has 1 nitrogen and oxygen atoms in total. The highest BCUT2D eigenvalue weighted by Crippen LogP contribution is 2.08. The Kier molecular flexibility index (Phi) is 2.24. The van der Waals surface area contributed by atoms with E-state index in [4.69, 9.17) is 5.41 Å². The zero-order valence-electron chi connectivity index (χ0n) is 4.13. The average molecular weight is 123 g/mol. The minimum Gasteiger partial charge on any atom is -0.302 e. The van der Waals surface area contributed by atoms with Crippen molar-refractivity contribution in [2.45, 2.75) is 6.92 Å². The molecular formula is C4H4F3N. The van der Waals surface area contributed by atoms with Gasteiger partial charge < -0.3 is 5.41 Å². The Morgan fingerprint density at radius 1 is 1.25 bits per heavy atom. The smallest absolute Gasteiger partial charge is 0.302 e. The fourth-order valence-corrected chi connectivity index (χ4v) is 0.142. The van der Waals surface area contributed by atoms with E-state index in [9.17, 15) is 13.2 Å². The summed E-state index contributed by atoms with van der Waals surface area (Å²) in [5.74, 6) is -1.73. The van der Waals surface area contributed by atoms with Crippen LogP contribution in [0.5, 0.6) is 0 Å². The summed E-state index contributed by atoms with van der Waals surface area (Å²) in [5, 5.41) is 6.32. The van der Waals surface area contributed by atoms with Gasteiger partial charge in [0, 0.05) is 0 Å². The molecule has 0 fully saturated rings. The van der Waals surface area contributed by atoms with Crippen molar-refractivity contribution in [3.05, 3.63) is 11.9 Å². The van der Waals surface area contributed by atoms with Crippen LogP contribution in [0.3, 0.4) is 0 Å². The molecule has 0 aromatic carbocycles. The lowest BCUT2D eigenvalue weighted by Crippen LogP contribution is -1.88. The van der Waals surface area contributed by atoms with Gasteiger partial charge in [0.15, 0.2) is 0 Å². The molecule has 0 aromatic heterocycles. The first-order valence-corrected chi connectivity index (χ1v) is 1.82. The van der Waals surface area contributed by atoms with Crippen LogP contribution < -0.4 is 0 Å². The lowest BCUT2D eigenvalue weighted by molar-refractivity contribution is 0.390. The van der Waals surface area contributed by atoms with Crippen LogP contribution in [0.4, 0.5) is 13.2 Å². The van der Waals surface area contributed by atoms with E-state index in [2.05, 4.69) is 0 Å². The summed E-state index contributed by atoms with van der Waals surface area (Å²) in [5.41, 5.74) is -0.745. The maximum Gasteiger partial charge on any atom is 0.307 e. The van der Waals surface area contributed by atoms with Crippen LogP contribution >= 0.6 is 0 Å². The third kappa shape index (κ3) is 1.77. The second-order valence-corrected chi connectivity index (χ2v) is 1.20. The minimum absolute atomic E-state index is 0.745. The van der Waals surface area contributed by atoms with Gasteiger partial charge in [0.1, 0.15) is 0 Å². The molecule has 0 saturated carbocycles. The van der Waals surface area contributed by atoms with Crippen molar-refractivity contribution in [3.63, 3.8) is 0 Å². The molecule has 0 atom stereocenters. The summed E-state index contributed by atoms with van der Waals surface area (Å²) in [6.07, 6.45) is -2.43. The first-order valence-electron chi connectivity index (χ1n) is 1.82. The van der Waals surface area contributed by atoms with E-state index >= 15 is 0 Å². The number of hydrogen-bond donors (Lipinski definition) is 1. The number of nitrogens with one attached hydrogen (secondary N) is 1. The Labute approximate surface area is 44.3 Å². The van der Waals surface area contributed by atoms with Crippen LogP contribution in [0.25, 0.3) is 0 Å². The molecule has 0 aromatic rings. The third-order valence-electron chi connectivity index (χ3n) is 0.495. The van der Waals surface area contributed by atoms with Gasteiger partial charge in [-0.15, -0.1) is 0 Å². The van der Waals surface area contributed by atoms with Crippen molar-refractivity contribution in [3.8, 4) is 0 Å². The van der Waals surface area contributed by atoms with E-state index in [-0.39, 0.29) is 0 Å². The second-order valence-electron chi connectivity index (χ2n) is 1.20. The maximum absolute atomic E-state index is 11.6. The van der Waals surface area contributed by atoms with Crippen LogP contribution in [-0.2, 0) is 0 Å². The van der Waals surface area contributed by atoms with E-state index in [0.717, 1.165) is 6.92 Å². The molecule has 8 heavy (non-hydrogen) atoms. The normalized spacial score (nSPS) is 8.50. The average Bonchev–Trinajstić information content (AvgIpc) is 1.64. The van der Waals surface area contributed by atoms with Crippen molar-refractivity contribution < 1.29 is 13.2 Å². The number of hydrogen-bond acceptors (Lipinski definition) is 1. The van der Waals surface area contributed by atoms with Crippen molar-refractivity contribution in [2.75, 3.05) is 0 Å². The van der Waals surface area contributed by atoms with Crippen LogP contribution in [-0.4, -0.2) is 5.71 Å². The van der Waals surface area contributed by atoms with Crippen LogP contribution in [0.2, 0.25) is 0 Å². The molecule has 1 N–H and O–H groups in total. The molecule has 4 heteroatoms. The highest BCUT2D eigenvalue weighted by atomic mass is 19.3. The van der Waals surface area contributed by atoms with Gasteiger partial charge in [-0.3, -0.25) is 0 Å². The molecule has 0 heterocycles. The zero-order chi connectivity index (χ0) is 6.73. The van der Waals surface area contributed by atoms with Gasteiger partial charge in [0.05, 0.1) is 5.71 Å². The van der Waals surface area contributed by atoms with Crippen molar-refractivity contribution >= 4 is 5.71 Å². The Morgan fingerprint density at radius 2 is 1.62 bits per heavy atom. The van der Waals surface area contributed by atoms with Gasteiger partial charge in [-0.1, -0.05) is 0 Å². The summed E-state index contributed by atoms with van der Waals surface area (Å²) >= 11 is 0. The summed E-state index contributed by atoms with van der Waals surface area (Å²) in [6.45, 7) is 0.953. The number of halogens is 3. The Bertz CT molecular complexity index is 134. The Balaban J connectivity index is 4.23. The van der Waals surface area contributed by atoms with E-state index in [1.807, 2.05) is 0 Å². The fraction of sp³-hybridized carbons (Fsp3) is 0.250. The van der Waals surface area contributed by atoms with Crippen molar-refractivity contribution in [2.24, 2.45) is 0 Å². The molecule has 0 bridgehead atoms. The predicted molar refractivity (Wildman–Crippen MR) is 23.8 cm³/mol. The zero-order valence-corrected chi connectivity index (χ0v) is 4.13. The fourth-order valence-electron chi connectivity index (χ4n) is 0.142. The summed E-state index contributed by atoms with van der Waals surface area (Å²) in [4.78, 5) is 0. The predicted octanol–water partition coefficient (Wildman–Crippen LogP) is 2.10. The largest absolute Gasteiger partial charge is 0.307 e. The van der Waals surface area contributed by atoms with Crippen molar-refractivity contribution in [1.82, 2.24) is 0 Å². The topological polar surface area (TPSA) is 23.9 Å². The third-order valence-corrected chi connectivity index (χ3v) is 0.495. The van der Waals surface area contributed by atoms with Crippen molar-refractivity contribution in [1.29, 1.82) is 5.41 Å². The first kappa shape index (κ1) is 7.20. The molecule has 0 radical (unpaired) electrons. The molecule has 0 aliphatic carbocycles. The molecular weight excluding hydrogens is 119 g/mol. The van der Waals surface area contributed by atoms with Crippen LogP contribution in [0.1, 0.15) is 6.92 Å². The van der Waals surface area contributed by atoms with Crippen LogP contribution in [0.15, 0.2) is 11.9 Å². The van der Waals surface area contributed by atoms with Gasteiger partial charge in [-0.25, -0.2) is 0 Å². The summed E-state index contributed by atoms with van der Waals surface area (Å²) in [7, 11) is 0. The monoisotopic (exact) mass is 123 g/mol. The summed E-state index contributed by atoms with van der Waals surface area (Å²) < 4.78 is 33.6. The molecule has 46 valence electrons. The van der Waals surface area contributed by atoms with Gasteiger partial charge >= 0.3 is 6.08 Å². The molecule has 0 aliphatic heterocycles. The van der Waals surface area contributed by atoms with E-state index in [1.165, 1.54) is 0 Å². The molecule has 0 amide bonds. The van der Waals surface area contributed by atoms with Gasteiger partial charge in [-0.2, -0.15) is 13.2 Å². The molecule has 0 rings (SSSR count). The van der Waals surface area contributed by atoms with Gasteiger partial charge in [0.2, 0.25) is 5.83 Å². The number of rotatable bonds is 1. The second kappa shape index (κ2) is 2.49. The quantitative estimate of drug-likeness (QED) is 0.516. The molecule has 0 aliphatic rings. The Hall–Kier alpha value is -0.800. The highest BCUT2D eigenvalue weighted by Gasteiger charge is 2.05. The minimum atomic E-state index is -2.43. The lowest BCUT2D eigenvalue weighted by atomic mass is 10.4. The van der Waals surface area contributed by atoms with Gasteiger partial charge in [-0.05, 0) is 6.92 Å². The standard InChI is InChI=1S/C4H4F3N/c1-2(8)3(5)4(6)7/h8H,1H3. The Morgan fingerprint density at radius 3 is 1.62 bits per heavy atom. The number of allylic oxidation sites excluding steroid dienone is 1. The molecule has 0 unspecified atom stereocenters. The van der Waals surface area contributed by atoms with Crippen LogP contribution in [0, 0.1) is 5.41 Å². The first-order chi connectivity index (χ1) is 3.55. The highest BCUT2D eigenvalue weighted by molar-refractivity contribution is 5.93. The van der Waals surface area contributed by atoms with Gasteiger partial charge in [0.25, 0.3) is 0 Å². The molecule has 0 spiro atoms. The summed E-state index contributed by atoms with van der Waals surface area (Å²) in [6, 6.07) is 0.